The number of hydrogen-bond donors (Lipinski definition) is 1. The third-order valence-corrected chi connectivity index (χ3v) is 3.56. The molecule has 0 saturated carbocycles. The summed E-state index contributed by atoms with van der Waals surface area (Å²) in [6.45, 7) is 5.71. The second-order valence-electron chi connectivity index (χ2n) is 5.03. The topological polar surface area (TPSA) is 15.3 Å². The molecule has 18 heavy (non-hydrogen) atoms. The highest BCUT2D eigenvalue weighted by Crippen LogP contribution is 2.07. The van der Waals surface area contributed by atoms with E-state index in [0.717, 1.165) is 26.1 Å². The van der Waals surface area contributed by atoms with Gasteiger partial charge >= 0.3 is 0 Å². The van der Waals surface area contributed by atoms with Crippen molar-refractivity contribution in [1.29, 1.82) is 0 Å². The summed E-state index contributed by atoms with van der Waals surface area (Å²) in [4.78, 5) is 2.54. The lowest BCUT2D eigenvalue weighted by Gasteiger charge is -2.26. The molecule has 3 heteroatoms. The van der Waals surface area contributed by atoms with E-state index < -0.39 is 0 Å². The number of nitrogens with one attached hydrogen (secondary N) is 1. The van der Waals surface area contributed by atoms with E-state index in [9.17, 15) is 4.39 Å². The second-order valence-corrected chi connectivity index (χ2v) is 5.03. The number of piperidine rings is 1. The van der Waals surface area contributed by atoms with Gasteiger partial charge in [0, 0.05) is 13.1 Å². The molecule has 100 valence electrons. The highest BCUT2D eigenvalue weighted by Gasteiger charge is 2.08. The smallest absolute Gasteiger partial charge is 0.123 e. The van der Waals surface area contributed by atoms with Crippen LogP contribution in [0.15, 0.2) is 24.3 Å². The van der Waals surface area contributed by atoms with Crippen LogP contribution in [0.2, 0.25) is 0 Å². The van der Waals surface area contributed by atoms with Gasteiger partial charge in [-0.2, -0.15) is 0 Å². The van der Waals surface area contributed by atoms with Crippen molar-refractivity contribution in [1.82, 2.24) is 10.2 Å². The molecular weight excluding hydrogens is 227 g/mol. The predicted molar refractivity (Wildman–Crippen MR) is 73.3 cm³/mol. The fourth-order valence-corrected chi connectivity index (χ4v) is 2.43. The van der Waals surface area contributed by atoms with Crippen molar-refractivity contribution in [3.63, 3.8) is 0 Å². The van der Waals surface area contributed by atoms with E-state index in [0.29, 0.717) is 0 Å². The lowest BCUT2D eigenvalue weighted by Crippen LogP contribution is -2.36. The van der Waals surface area contributed by atoms with E-state index in [1.807, 2.05) is 12.1 Å². The third-order valence-electron chi connectivity index (χ3n) is 3.56. The van der Waals surface area contributed by atoms with Gasteiger partial charge < -0.3 is 10.2 Å². The Labute approximate surface area is 109 Å². The van der Waals surface area contributed by atoms with Crippen LogP contribution in [0, 0.1) is 5.82 Å². The van der Waals surface area contributed by atoms with Gasteiger partial charge in [-0.05, 0) is 56.6 Å². The molecule has 1 aromatic carbocycles. The molecule has 1 aromatic rings. The number of nitrogens with zero attached hydrogens (tertiary/aromatic N) is 1. The summed E-state index contributed by atoms with van der Waals surface area (Å²) in [5.74, 6) is -0.156. The van der Waals surface area contributed by atoms with Crippen LogP contribution in [0.3, 0.4) is 0 Å². The van der Waals surface area contributed by atoms with Crippen molar-refractivity contribution in [2.45, 2.75) is 25.7 Å². The normalized spacial score (nSPS) is 16.9. The van der Waals surface area contributed by atoms with E-state index in [1.165, 1.54) is 50.0 Å². The lowest BCUT2D eigenvalue weighted by molar-refractivity contribution is 0.229. The zero-order valence-electron chi connectivity index (χ0n) is 11.0. The molecule has 0 spiro atoms. The molecule has 0 radical (unpaired) electrons. The molecule has 2 nitrogen and oxygen atoms in total. The SMILES string of the molecule is Fc1ccc(CCNCCN2CCCCC2)cc1. The molecule has 1 N–H and O–H groups in total. The monoisotopic (exact) mass is 250 g/mol. The van der Waals surface area contributed by atoms with E-state index in [-0.39, 0.29) is 5.82 Å². The maximum Gasteiger partial charge on any atom is 0.123 e. The van der Waals surface area contributed by atoms with Crippen molar-refractivity contribution in [2.24, 2.45) is 0 Å². The van der Waals surface area contributed by atoms with Gasteiger partial charge in [0.2, 0.25) is 0 Å². The van der Waals surface area contributed by atoms with Gasteiger partial charge in [-0.25, -0.2) is 4.39 Å². The summed E-state index contributed by atoms with van der Waals surface area (Å²) in [7, 11) is 0. The average molecular weight is 250 g/mol. The Kier molecular flexibility index (Phi) is 5.62. The Morgan fingerprint density at radius 2 is 1.72 bits per heavy atom. The van der Waals surface area contributed by atoms with Crippen LogP contribution in [-0.2, 0) is 6.42 Å². The van der Waals surface area contributed by atoms with Crippen molar-refractivity contribution in [3.05, 3.63) is 35.6 Å². The Bertz CT molecular complexity index is 331. The Morgan fingerprint density at radius 3 is 2.44 bits per heavy atom. The predicted octanol–water partition coefficient (Wildman–Crippen LogP) is 2.44. The number of likely N-dealkylation sites (tertiary alicyclic amines) is 1. The first kappa shape index (κ1) is 13.5. The molecule has 0 aliphatic carbocycles. The van der Waals surface area contributed by atoms with Crippen LogP contribution in [0.5, 0.6) is 0 Å². The molecule has 1 aliphatic rings. The first-order valence-corrected chi connectivity index (χ1v) is 7.02. The van der Waals surface area contributed by atoms with Gasteiger partial charge in [0.05, 0.1) is 0 Å². The first-order chi connectivity index (χ1) is 8.84. The minimum absolute atomic E-state index is 0.156. The fourth-order valence-electron chi connectivity index (χ4n) is 2.43. The highest BCUT2D eigenvalue weighted by molar-refractivity contribution is 5.16. The molecule has 1 heterocycles. The van der Waals surface area contributed by atoms with Gasteiger partial charge in [-0.3, -0.25) is 0 Å². The van der Waals surface area contributed by atoms with E-state index in [2.05, 4.69) is 10.2 Å². The zero-order chi connectivity index (χ0) is 12.6. The summed E-state index contributed by atoms with van der Waals surface area (Å²) < 4.78 is 12.7. The molecule has 0 aromatic heterocycles. The van der Waals surface area contributed by atoms with Gasteiger partial charge in [-0.1, -0.05) is 18.6 Å². The Hall–Kier alpha value is -0.930. The van der Waals surface area contributed by atoms with E-state index in [1.54, 1.807) is 0 Å². The largest absolute Gasteiger partial charge is 0.315 e. The van der Waals surface area contributed by atoms with E-state index >= 15 is 0 Å². The minimum atomic E-state index is -0.156. The Balaban J connectivity index is 1.54. The molecule has 1 fully saturated rings. The Morgan fingerprint density at radius 1 is 1.00 bits per heavy atom. The molecule has 0 atom stereocenters. The van der Waals surface area contributed by atoms with Crippen LogP contribution >= 0.6 is 0 Å². The van der Waals surface area contributed by atoms with Gasteiger partial charge in [0.1, 0.15) is 5.82 Å². The van der Waals surface area contributed by atoms with Crippen molar-refractivity contribution in [3.8, 4) is 0 Å². The number of benzene rings is 1. The number of halogens is 1. The van der Waals surface area contributed by atoms with Gasteiger partial charge in [-0.15, -0.1) is 0 Å². The number of rotatable bonds is 6. The maximum atomic E-state index is 12.7. The maximum absolute atomic E-state index is 12.7. The molecule has 2 rings (SSSR count). The summed E-state index contributed by atoms with van der Waals surface area (Å²) in [6, 6.07) is 6.79. The summed E-state index contributed by atoms with van der Waals surface area (Å²) in [5.41, 5.74) is 1.20. The van der Waals surface area contributed by atoms with Gasteiger partial charge in [0.25, 0.3) is 0 Å². The van der Waals surface area contributed by atoms with Crippen LogP contribution in [-0.4, -0.2) is 37.6 Å². The third kappa shape index (κ3) is 4.75. The lowest BCUT2D eigenvalue weighted by atomic mass is 10.1. The molecule has 0 unspecified atom stereocenters. The molecule has 1 aliphatic heterocycles. The van der Waals surface area contributed by atoms with Crippen LogP contribution in [0.25, 0.3) is 0 Å². The molecular formula is C15H23FN2. The molecule has 0 amide bonds. The van der Waals surface area contributed by atoms with Crippen LogP contribution in [0.1, 0.15) is 24.8 Å². The first-order valence-electron chi connectivity index (χ1n) is 7.02. The quantitative estimate of drug-likeness (QED) is 0.780. The second kappa shape index (κ2) is 7.49. The van der Waals surface area contributed by atoms with Crippen LogP contribution in [0.4, 0.5) is 4.39 Å². The van der Waals surface area contributed by atoms with Crippen molar-refractivity contribution >= 4 is 0 Å². The zero-order valence-corrected chi connectivity index (χ0v) is 11.0. The average Bonchev–Trinajstić information content (AvgIpc) is 2.42. The van der Waals surface area contributed by atoms with E-state index in [4.69, 9.17) is 0 Å². The summed E-state index contributed by atoms with van der Waals surface area (Å²) in [5, 5.41) is 3.46. The van der Waals surface area contributed by atoms with Crippen LogP contribution < -0.4 is 5.32 Å². The van der Waals surface area contributed by atoms with Gasteiger partial charge in [0.15, 0.2) is 0 Å². The molecule has 1 saturated heterocycles. The summed E-state index contributed by atoms with van der Waals surface area (Å²) in [6.07, 6.45) is 5.08. The minimum Gasteiger partial charge on any atom is -0.315 e. The summed E-state index contributed by atoms with van der Waals surface area (Å²) >= 11 is 0. The highest BCUT2D eigenvalue weighted by atomic mass is 19.1. The van der Waals surface area contributed by atoms with Crippen molar-refractivity contribution in [2.75, 3.05) is 32.7 Å². The molecule has 0 bridgehead atoms. The standard InChI is InChI=1S/C15H23FN2/c16-15-6-4-14(5-7-15)8-9-17-10-13-18-11-2-1-3-12-18/h4-7,17H,1-3,8-13H2. The van der Waals surface area contributed by atoms with Crippen molar-refractivity contribution < 1.29 is 4.39 Å². The number of hydrogen-bond acceptors (Lipinski definition) is 2. The fraction of sp³-hybridized carbons (Fsp3) is 0.600.